The minimum atomic E-state index is 0.269. The lowest BCUT2D eigenvalue weighted by Gasteiger charge is -2.37. The van der Waals surface area contributed by atoms with Gasteiger partial charge in [0.1, 0.15) is 0 Å². The Bertz CT molecular complexity index is 961. The lowest BCUT2D eigenvalue weighted by molar-refractivity contribution is 0.211. The fraction of sp³-hybridized carbons (Fsp3) is 0.480. The van der Waals surface area contributed by atoms with E-state index in [9.17, 15) is 0 Å². The zero-order valence-electron chi connectivity index (χ0n) is 18.3. The maximum Gasteiger partial charge on any atom is 0.0912 e. The summed E-state index contributed by atoms with van der Waals surface area (Å²) in [5.41, 5.74) is 11.2. The number of nitrogens with one attached hydrogen (secondary N) is 1. The van der Waals surface area contributed by atoms with E-state index in [-0.39, 0.29) is 5.92 Å². The highest BCUT2D eigenvalue weighted by Gasteiger charge is 2.35. The lowest BCUT2D eigenvalue weighted by Crippen LogP contribution is -2.37. The van der Waals surface area contributed by atoms with Gasteiger partial charge in [-0.05, 0) is 108 Å². The molecule has 2 fully saturated rings. The van der Waals surface area contributed by atoms with Crippen molar-refractivity contribution in [3.05, 3.63) is 73.1 Å². The fourth-order valence-corrected chi connectivity index (χ4v) is 6.67. The summed E-state index contributed by atoms with van der Waals surface area (Å²) in [5.74, 6) is 1.46. The molecule has 4 nitrogen and oxygen atoms in total. The van der Waals surface area contributed by atoms with E-state index in [4.69, 9.17) is 22.3 Å². The first kappa shape index (κ1) is 24.1. The number of halogens is 3. The average Bonchev–Trinajstić information content (AvgIpc) is 3.31. The van der Waals surface area contributed by atoms with Crippen molar-refractivity contribution in [3.8, 4) is 0 Å². The predicted octanol–water partition coefficient (Wildman–Crippen LogP) is 6.00. The van der Waals surface area contributed by atoms with Gasteiger partial charge < -0.3 is 16.0 Å². The lowest BCUT2D eigenvalue weighted by atomic mass is 9.76. The van der Waals surface area contributed by atoms with Crippen LogP contribution in [0.2, 0.25) is 5.02 Å². The Morgan fingerprint density at radius 3 is 2.41 bits per heavy atom. The number of rotatable bonds is 2. The molecule has 5 rings (SSSR count). The zero-order valence-corrected chi connectivity index (χ0v) is 22.3. The van der Waals surface area contributed by atoms with Crippen LogP contribution in [0.15, 0.2) is 45.7 Å². The SMILES string of the molecule is C1CCNC1.C=C(N)N1CCC(C2c3ncc(Br)cc3CCc3cc(Cl)cc(Br)c32)CC1. The monoisotopic (exact) mass is 580 g/mol. The molecule has 7 heteroatoms. The van der Waals surface area contributed by atoms with E-state index in [1.165, 1.54) is 48.3 Å². The van der Waals surface area contributed by atoms with Crippen LogP contribution in [-0.4, -0.2) is 36.1 Å². The molecule has 172 valence electrons. The van der Waals surface area contributed by atoms with Crippen LogP contribution >= 0.6 is 43.5 Å². The quantitative estimate of drug-likeness (QED) is 0.456. The maximum absolute atomic E-state index is 6.38. The second kappa shape index (κ2) is 10.9. The number of benzene rings is 1. The first-order valence-corrected chi connectivity index (χ1v) is 13.4. The summed E-state index contributed by atoms with van der Waals surface area (Å²) in [6.45, 7) is 8.30. The Hall–Kier alpha value is -1.08. The average molecular weight is 583 g/mol. The van der Waals surface area contributed by atoms with Crippen LogP contribution in [-0.2, 0) is 12.8 Å². The molecule has 0 radical (unpaired) electrons. The van der Waals surface area contributed by atoms with Gasteiger partial charge in [0.25, 0.3) is 0 Å². The Labute approximate surface area is 213 Å². The number of hydrogen-bond donors (Lipinski definition) is 2. The van der Waals surface area contributed by atoms with Gasteiger partial charge in [0.2, 0.25) is 0 Å². The van der Waals surface area contributed by atoms with Gasteiger partial charge in [0.05, 0.1) is 11.5 Å². The van der Waals surface area contributed by atoms with Gasteiger partial charge in [0, 0.05) is 39.2 Å². The Morgan fingerprint density at radius 1 is 1.09 bits per heavy atom. The van der Waals surface area contributed by atoms with Gasteiger partial charge in [-0.2, -0.15) is 0 Å². The number of piperidine rings is 1. The van der Waals surface area contributed by atoms with E-state index < -0.39 is 0 Å². The number of nitrogens with zero attached hydrogens (tertiary/aromatic N) is 2. The summed E-state index contributed by atoms with van der Waals surface area (Å²) >= 11 is 13.8. The molecule has 1 aromatic carbocycles. The van der Waals surface area contributed by atoms with Crippen molar-refractivity contribution in [1.29, 1.82) is 0 Å². The number of aromatic nitrogens is 1. The fourth-order valence-electron chi connectivity index (χ4n) is 5.18. The molecule has 2 aliphatic heterocycles. The maximum atomic E-state index is 6.38. The molecule has 3 heterocycles. The van der Waals surface area contributed by atoms with E-state index in [0.717, 1.165) is 52.7 Å². The molecule has 1 aromatic heterocycles. The number of nitrogens with two attached hydrogens (primary N) is 1. The minimum Gasteiger partial charge on any atom is -0.386 e. The molecule has 32 heavy (non-hydrogen) atoms. The molecule has 1 aliphatic carbocycles. The van der Waals surface area contributed by atoms with Crippen molar-refractivity contribution in [2.24, 2.45) is 11.7 Å². The van der Waals surface area contributed by atoms with Crippen molar-refractivity contribution in [2.75, 3.05) is 26.2 Å². The highest BCUT2D eigenvalue weighted by molar-refractivity contribution is 9.10. The molecule has 3 N–H and O–H groups in total. The van der Waals surface area contributed by atoms with Crippen molar-refractivity contribution in [2.45, 2.75) is 44.4 Å². The van der Waals surface area contributed by atoms with Crippen LogP contribution in [0.5, 0.6) is 0 Å². The summed E-state index contributed by atoms with van der Waals surface area (Å²) in [5, 5.41) is 4.01. The molecular formula is C25H31Br2ClN4. The highest BCUT2D eigenvalue weighted by Crippen LogP contribution is 2.46. The number of pyridine rings is 1. The summed E-state index contributed by atoms with van der Waals surface area (Å²) in [6, 6.07) is 6.38. The second-order valence-corrected chi connectivity index (χ2v) is 11.1. The Morgan fingerprint density at radius 2 is 1.78 bits per heavy atom. The third kappa shape index (κ3) is 5.52. The van der Waals surface area contributed by atoms with Gasteiger partial charge in [-0.1, -0.05) is 34.1 Å². The van der Waals surface area contributed by atoms with Gasteiger partial charge in [-0.25, -0.2) is 0 Å². The third-order valence-corrected chi connectivity index (χ3v) is 8.10. The number of likely N-dealkylation sites (tertiary alicyclic amines) is 1. The van der Waals surface area contributed by atoms with Crippen LogP contribution in [0, 0.1) is 5.92 Å². The molecule has 1 unspecified atom stereocenters. The molecular weight excluding hydrogens is 552 g/mol. The van der Waals surface area contributed by atoms with E-state index in [2.05, 4.69) is 60.8 Å². The summed E-state index contributed by atoms with van der Waals surface area (Å²) < 4.78 is 2.13. The van der Waals surface area contributed by atoms with E-state index in [0.29, 0.717) is 11.7 Å². The molecule has 0 saturated carbocycles. The smallest absolute Gasteiger partial charge is 0.0912 e. The van der Waals surface area contributed by atoms with E-state index in [1.807, 2.05) is 12.3 Å². The summed E-state index contributed by atoms with van der Waals surface area (Å²) in [7, 11) is 0. The van der Waals surface area contributed by atoms with Gasteiger partial charge >= 0.3 is 0 Å². The van der Waals surface area contributed by atoms with Gasteiger partial charge in [-0.3, -0.25) is 4.98 Å². The third-order valence-electron chi connectivity index (χ3n) is 6.79. The number of hydrogen-bond acceptors (Lipinski definition) is 4. The Balaban J connectivity index is 0.000000433. The van der Waals surface area contributed by atoms with Crippen LogP contribution in [0.1, 0.15) is 54.0 Å². The largest absolute Gasteiger partial charge is 0.386 e. The van der Waals surface area contributed by atoms with Crippen LogP contribution < -0.4 is 11.1 Å². The van der Waals surface area contributed by atoms with E-state index in [1.54, 1.807) is 0 Å². The van der Waals surface area contributed by atoms with Crippen molar-refractivity contribution < 1.29 is 0 Å². The number of aryl methyl sites for hydroxylation is 2. The highest BCUT2D eigenvalue weighted by atomic mass is 79.9. The van der Waals surface area contributed by atoms with Crippen molar-refractivity contribution in [1.82, 2.24) is 15.2 Å². The van der Waals surface area contributed by atoms with Crippen LogP contribution in [0.3, 0.4) is 0 Å². The van der Waals surface area contributed by atoms with E-state index >= 15 is 0 Å². The molecule has 0 amide bonds. The molecule has 3 aliphatic rings. The summed E-state index contributed by atoms with van der Waals surface area (Å²) in [6.07, 6.45) is 8.82. The van der Waals surface area contributed by atoms with Crippen molar-refractivity contribution >= 4 is 43.5 Å². The van der Waals surface area contributed by atoms with Gasteiger partial charge in [-0.15, -0.1) is 0 Å². The van der Waals surface area contributed by atoms with Crippen molar-refractivity contribution in [3.63, 3.8) is 0 Å². The summed E-state index contributed by atoms with van der Waals surface area (Å²) in [4.78, 5) is 7.08. The molecule has 2 aromatic rings. The van der Waals surface area contributed by atoms with Crippen LogP contribution in [0.4, 0.5) is 0 Å². The molecule has 2 saturated heterocycles. The van der Waals surface area contributed by atoms with Crippen LogP contribution in [0.25, 0.3) is 0 Å². The minimum absolute atomic E-state index is 0.269. The first-order valence-electron chi connectivity index (χ1n) is 11.5. The molecule has 1 atom stereocenters. The Kier molecular flexibility index (Phi) is 8.19. The molecule has 0 bridgehead atoms. The molecule has 0 spiro atoms. The number of fused-ring (bicyclic) bond motifs is 2. The topological polar surface area (TPSA) is 54.2 Å². The van der Waals surface area contributed by atoms with Gasteiger partial charge in [0.15, 0.2) is 0 Å². The normalized spacial score (nSPS) is 20.6. The first-order chi connectivity index (χ1) is 15.4. The predicted molar refractivity (Wildman–Crippen MR) is 140 cm³/mol. The standard InChI is InChI=1S/C21H22Br2ClN3.C4H9N/c1-12(25)27-6-4-13(5-7-27)20-19-14(9-17(24)10-18(19)23)2-3-15-8-16(22)11-26-21(15)20;1-2-4-5-3-1/h8-11,13,20H,1-7,25H2;5H,1-4H2. The zero-order chi connectivity index (χ0) is 22.7. The second-order valence-electron chi connectivity index (χ2n) is 8.91.